The Balaban J connectivity index is 1.58. The first-order valence-electron chi connectivity index (χ1n) is 7.95. The Morgan fingerprint density at radius 1 is 1.33 bits per heavy atom. The summed E-state index contributed by atoms with van der Waals surface area (Å²) in [4.78, 5) is 30.0. The van der Waals surface area contributed by atoms with Crippen LogP contribution in [-0.4, -0.2) is 53.7 Å². The maximum atomic E-state index is 12.4. The molecule has 2 atom stereocenters. The van der Waals surface area contributed by atoms with Gasteiger partial charge in [0.2, 0.25) is 0 Å². The maximum Gasteiger partial charge on any atom is 0.340 e. The van der Waals surface area contributed by atoms with Crippen molar-refractivity contribution in [2.45, 2.75) is 37.8 Å². The number of morpholine rings is 1. The highest BCUT2D eigenvalue weighted by Gasteiger charge is 2.36. The number of aromatic nitrogens is 1. The number of ether oxygens (including phenoxy) is 2. The molecule has 2 heterocycles. The van der Waals surface area contributed by atoms with Gasteiger partial charge in [-0.25, -0.2) is 9.78 Å². The molecule has 24 heavy (non-hydrogen) atoms. The lowest BCUT2D eigenvalue weighted by molar-refractivity contribution is -0.152. The molecule has 2 fully saturated rings. The van der Waals surface area contributed by atoms with Crippen LogP contribution in [0.4, 0.5) is 0 Å². The van der Waals surface area contributed by atoms with Crippen LogP contribution in [0.15, 0.2) is 12.3 Å². The smallest absolute Gasteiger partial charge is 0.340 e. The van der Waals surface area contributed by atoms with Crippen molar-refractivity contribution in [3.63, 3.8) is 0 Å². The molecule has 1 amide bonds. The average Bonchev–Trinajstić information content (AvgIpc) is 2.61. The third-order valence-corrected chi connectivity index (χ3v) is 5.10. The number of esters is 1. The van der Waals surface area contributed by atoms with Crippen LogP contribution in [0, 0.1) is 0 Å². The molecule has 0 radical (unpaired) electrons. The van der Waals surface area contributed by atoms with E-state index in [4.69, 9.17) is 32.7 Å². The number of hydrogen-bond donors (Lipinski definition) is 0. The SMILES string of the molecule is O=C(OCC(=O)N1CCOC2CCCCC21)c1cnc(Cl)c(Cl)c1. The van der Waals surface area contributed by atoms with Gasteiger partial charge in [0.25, 0.3) is 5.91 Å². The monoisotopic (exact) mass is 372 g/mol. The summed E-state index contributed by atoms with van der Waals surface area (Å²) in [5.74, 6) is -0.848. The number of carbonyl (C=O) groups is 2. The first-order chi connectivity index (χ1) is 11.6. The van der Waals surface area contributed by atoms with Gasteiger partial charge in [0.15, 0.2) is 6.61 Å². The van der Waals surface area contributed by atoms with Gasteiger partial charge in [-0.15, -0.1) is 0 Å². The normalized spacial score (nSPS) is 23.5. The number of fused-ring (bicyclic) bond motifs is 1. The van der Waals surface area contributed by atoms with Crippen LogP contribution in [0.5, 0.6) is 0 Å². The van der Waals surface area contributed by atoms with E-state index in [9.17, 15) is 9.59 Å². The fourth-order valence-corrected chi connectivity index (χ4v) is 3.50. The average molecular weight is 373 g/mol. The van der Waals surface area contributed by atoms with Gasteiger partial charge in [-0.1, -0.05) is 36.0 Å². The molecule has 130 valence electrons. The molecule has 0 N–H and O–H groups in total. The van der Waals surface area contributed by atoms with Crippen LogP contribution in [0.3, 0.4) is 0 Å². The summed E-state index contributed by atoms with van der Waals surface area (Å²) in [5, 5.41) is 0.275. The summed E-state index contributed by atoms with van der Waals surface area (Å²) < 4.78 is 10.8. The van der Waals surface area contributed by atoms with E-state index in [-0.39, 0.29) is 40.4 Å². The molecule has 1 aliphatic carbocycles. The Labute approximate surface area is 150 Å². The molecule has 0 spiro atoms. The van der Waals surface area contributed by atoms with Gasteiger partial charge in [0.1, 0.15) is 5.15 Å². The summed E-state index contributed by atoms with van der Waals surface area (Å²) in [6.45, 7) is 0.756. The van der Waals surface area contributed by atoms with Gasteiger partial charge in [0, 0.05) is 12.7 Å². The Morgan fingerprint density at radius 2 is 2.12 bits per heavy atom. The summed E-state index contributed by atoms with van der Waals surface area (Å²) >= 11 is 11.5. The summed E-state index contributed by atoms with van der Waals surface area (Å²) in [5.41, 5.74) is 0.162. The van der Waals surface area contributed by atoms with Crippen molar-refractivity contribution in [3.8, 4) is 0 Å². The molecule has 1 aromatic heterocycles. The first-order valence-corrected chi connectivity index (χ1v) is 8.71. The van der Waals surface area contributed by atoms with E-state index in [2.05, 4.69) is 4.98 Å². The highest BCUT2D eigenvalue weighted by molar-refractivity contribution is 6.41. The molecule has 1 aromatic rings. The fourth-order valence-electron chi connectivity index (χ4n) is 3.23. The zero-order chi connectivity index (χ0) is 17.1. The molecule has 0 aromatic carbocycles. The second kappa shape index (κ2) is 7.68. The van der Waals surface area contributed by atoms with E-state index >= 15 is 0 Å². The van der Waals surface area contributed by atoms with E-state index < -0.39 is 5.97 Å². The van der Waals surface area contributed by atoms with Crippen molar-refractivity contribution in [3.05, 3.63) is 28.0 Å². The zero-order valence-electron chi connectivity index (χ0n) is 13.0. The number of hydrogen-bond acceptors (Lipinski definition) is 5. The van der Waals surface area contributed by atoms with Crippen LogP contribution >= 0.6 is 23.2 Å². The summed E-state index contributed by atoms with van der Waals surface area (Å²) in [7, 11) is 0. The Morgan fingerprint density at radius 3 is 2.92 bits per heavy atom. The van der Waals surface area contributed by atoms with E-state index in [1.807, 2.05) is 0 Å². The van der Waals surface area contributed by atoms with Crippen molar-refractivity contribution in [2.24, 2.45) is 0 Å². The summed E-state index contributed by atoms with van der Waals surface area (Å²) in [6.07, 6.45) is 5.49. The second-order valence-electron chi connectivity index (χ2n) is 5.92. The number of carbonyl (C=O) groups excluding carboxylic acids is 2. The minimum absolute atomic E-state index is 0.0883. The van der Waals surface area contributed by atoms with Crippen molar-refractivity contribution >= 4 is 35.1 Å². The quantitative estimate of drug-likeness (QED) is 0.602. The molecule has 1 saturated carbocycles. The standard InChI is InChI=1S/C16H18Cl2N2O4/c17-11-7-10(8-19-15(11)18)16(22)24-9-14(21)20-5-6-23-13-4-2-1-3-12(13)20/h7-8,12-13H,1-6,9H2. The lowest BCUT2D eigenvalue weighted by Crippen LogP contribution is -2.55. The molecule has 2 aliphatic rings. The molecule has 0 bridgehead atoms. The second-order valence-corrected chi connectivity index (χ2v) is 6.69. The van der Waals surface area contributed by atoms with Crippen LogP contribution in [0.1, 0.15) is 36.0 Å². The largest absolute Gasteiger partial charge is 0.452 e. The van der Waals surface area contributed by atoms with Crippen molar-refractivity contribution in [1.29, 1.82) is 0 Å². The van der Waals surface area contributed by atoms with E-state index in [0.717, 1.165) is 25.7 Å². The molecule has 2 unspecified atom stereocenters. The highest BCUT2D eigenvalue weighted by Crippen LogP contribution is 2.28. The lowest BCUT2D eigenvalue weighted by Gasteiger charge is -2.43. The number of pyridine rings is 1. The van der Waals surface area contributed by atoms with Crippen LogP contribution in [0.2, 0.25) is 10.2 Å². The van der Waals surface area contributed by atoms with Crippen molar-refractivity contribution < 1.29 is 19.1 Å². The predicted octanol–water partition coefficient (Wildman–Crippen LogP) is 2.72. The van der Waals surface area contributed by atoms with Gasteiger partial charge in [0.05, 0.1) is 29.3 Å². The number of amides is 1. The van der Waals surface area contributed by atoms with Gasteiger partial charge in [-0.2, -0.15) is 0 Å². The Kier molecular flexibility index (Phi) is 5.58. The topological polar surface area (TPSA) is 68.7 Å². The van der Waals surface area contributed by atoms with Gasteiger partial charge < -0.3 is 14.4 Å². The molecule has 1 saturated heterocycles. The zero-order valence-corrected chi connectivity index (χ0v) is 14.6. The fraction of sp³-hybridized carbons (Fsp3) is 0.562. The predicted molar refractivity (Wildman–Crippen MR) is 88.2 cm³/mol. The highest BCUT2D eigenvalue weighted by atomic mass is 35.5. The van der Waals surface area contributed by atoms with E-state index in [0.29, 0.717) is 13.2 Å². The maximum absolute atomic E-state index is 12.4. The van der Waals surface area contributed by atoms with Crippen LogP contribution in [0.25, 0.3) is 0 Å². The Bertz CT molecular complexity index is 639. The number of rotatable bonds is 3. The van der Waals surface area contributed by atoms with Crippen LogP contribution < -0.4 is 0 Å². The third-order valence-electron chi connectivity index (χ3n) is 4.41. The summed E-state index contributed by atoms with van der Waals surface area (Å²) in [6, 6.07) is 1.46. The molecular formula is C16H18Cl2N2O4. The molecule has 1 aliphatic heterocycles. The molecular weight excluding hydrogens is 355 g/mol. The van der Waals surface area contributed by atoms with Gasteiger partial charge >= 0.3 is 5.97 Å². The minimum atomic E-state index is -0.650. The van der Waals surface area contributed by atoms with Gasteiger partial charge in [-0.3, -0.25) is 4.79 Å². The van der Waals surface area contributed by atoms with Crippen molar-refractivity contribution in [1.82, 2.24) is 9.88 Å². The first kappa shape index (κ1) is 17.5. The third kappa shape index (κ3) is 3.82. The lowest BCUT2D eigenvalue weighted by atomic mass is 9.90. The van der Waals surface area contributed by atoms with Crippen LogP contribution in [-0.2, 0) is 14.3 Å². The Hall–Kier alpha value is -1.37. The number of halogens is 2. The van der Waals surface area contributed by atoms with E-state index in [1.165, 1.54) is 12.3 Å². The molecule has 3 rings (SSSR count). The van der Waals surface area contributed by atoms with Crippen molar-refractivity contribution in [2.75, 3.05) is 19.8 Å². The molecule has 8 heteroatoms. The number of nitrogens with zero attached hydrogens (tertiary/aromatic N) is 2. The van der Waals surface area contributed by atoms with Gasteiger partial charge in [-0.05, 0) is 18.9 Å². The molecule has 6 nitrogen and oxygen atoms in total. The van der Waals surface area contributed by atoms with E-state index in [1.54, 1.807) is 4.90 Å². The minimum Gasteiger partial charge on any atom is -0.452 e.